The molecule has 2 N–H and O–H groups in total. The number of methoxy groups -OCH3 is 1. The van der Waals surface area contributed by atoms with Crippen LogP contribution in [0.3, 0.4) is 0 Å². The lowest BCUT2D eigenvalue weighted by atomic mass is 9.99. The second-order valence-electron chi connectivity index (χ2n) is 6.24. The van der Waals surface area contributed by atoms with E-state index in [1.54, 1.807) is 0 Å². The molecule has 0 aromatic heterocycles. The fraction of sp³-hybridized carbons (Fsp3) is 0.500. The lowest BCUT2D eigenvalue weighted by Gasteiger charge is -2.21. The molecular formula is C18H25FN4O3. The Morgan fingerprint density at radius 1 is 1.31 bits per heavy atom. The molecule has 1 aromatic carbocycles. The summed E-state index contributed by atoms with van der Waals surface area (Å²) in [5.74, 6) is -0.385. The number of guanidine groups is 1. The van der Waals surface area contributed by atoms with Gasteiger partial charge in [0.2, 0.25) is 5.91 Å². The summed E-state index contributed by atoms with van der Waals surface area (Å²) in [5.41, 5.74) is 0.511. The van der Waals surface area contributed by atoms with Crippen LogP contribution < -0.4 is 10.6 Å². The minimum atomic E-state index is -0.362. The molecule has 1 aliphatic rings. The van der Waals surface area contributed by atoms with E-state index in [-0.39, 0.29) is 36.1 Å². The SMILES string of the molecule is CCNC(=NCC(=O)Nc1ccc(F)cc1)N1CC(C)C(C(=O)OC)C1. The fourth-order valence-electron chi connectivity index (χ4n) is 2.90. The number of aliphatic imine (C=N–C) groups is 1. The molecule has 0 spiro atoms. The van der Waals surface area contributed by atoms with E-state index in [0.717, 1.165) is 0 Å². The molecule has 0 aliphatic carbocycles. The second kappa shape index (κ2) is 9.17. The monoisotopic (exact) mass is 364 g/mol. The summed E-state index contributed by atoms with van der Waals surface area (Å²) in [6.45, 7) is 5.65. The number of nitrogens with one attached hydrogen (secondary N) is 2. The first kappa shape index (κ1) is 19.7. The van der Waals surface area contributed by atoms with Gasteiger partial charge >= 0.3 is 5.97 Å². The first-order valence-electron chi connectivity index (χ1n) is 8.61. The summed E-state index contributed by atoms with van der Waals surface area (Å²) in [5, 5.41) is 5.81. The van der Waals surface area contributed by atoms with E-state index < -0.39 is 0 Å². The summed E-state index contributed by atoms with van der Waals surface area (Å²) in [6.07, 6.45) is 0. The maximum Gasteiger partial charge on any atom is 0.310 e. The summed E-state index contributed by atoms with van der Waals surface area (Å²) < 4.78 is 17.7. The average Bonchev–Trinajstić information content (AvgIpc) is 3.01. The molecule has 0 saturated carbocycles. The summed E-state index contributed by atoms with van der Waals surface area (Å²) >= 11 is 0. The van der Waals surface area contributed by atoms with Crippen molar-refractivity contribution in [3.8, 4) is 0 Å². The average molecular weight is 364 g/mol. The molecule has 1 amide bonds. The van der Waals surface area contributed by atoms with Crippen LogP contribution in [0.5, 0.6) is 0 Å². The van der Waals surface area contributed by atoms with Crippen LogP contribution in [0.2, 0.25) is 0 Å². The molecule has 7 nitrogen and oxygen atoms in total. The normalized spacial score (nSPS) is 20.0. The number of rotatable bonds is 5. The minimum Gasteiger partial charge on any atom is -0.469 e. The second-order valence-corrected chi connectivity index (χ2v) is 6.24. The van der Waals surface area contributed by atoms with Gasteiger partial charge in [-0.1, -0.05) is 6.92 Å². The van der Waals surface area contributed by atoms with Gasteiger partial charge in [0, 0.05) is 25.3 Å². The van der Waals surface area contributed by atoms with Gasteiger partial charge in [-0.25, -0.2) is 9.38 Å². The Morgan fingerprint density at radius 3 is 2.62 bits per heavy atom. The first-order chi connectivity index (χ1) is 12.4. The smallest absolute Gasteiger partial charge is 0.310 e. The van der Waals surface area contributed by atoms with Gasteiger partial charge in [0.25, 0.3) is 0 Å². The number of anilines is 1. The maximum atomic E-state index is 12.9. The largest absolute Gasteiger partial charge is 0.469 e. The van der Waals surface area contributed by atoms with Crippen LogP contribution in [-0.2, 0) is 14.3 Å². The van der Waals surface area contributed by atoms with Crippen molar-refractivity contribution in [3.05, 3.63) is 30.1 Å². The number of esters is 1. The molecular weight excluding hydrogens is 339 g/mol. The molecule has 2 rings (SSSR count). The number of hydrogen-bond acceptors (Lipinski definition) is 4. The molecule has 0 bridgehead atoms. The number of carbonyl (C=O) groups is 2. The van der Waals surface area contributed by atoms with Gasteiger partial charge in [-0.3, -0.25) is 9.59 Å². The number of benzene rings is 1. The quantitative estimate of drug-likeness (QED) is 0.470. The Hall–Kier alpha value is -2.64. The van der Waals surface area contributed by atoms with E-state index in [0.29, 0.717) is 31.3 Å². The standard InChI is InChI=1S/C18H25FN4O3/c1-4-20-18(23-10-12(2)15(11-23)17(25)26-3)21-9-16(24)22-14-7-5-13(19)6-8-14/h5-8,12,15H,4,9-11H2,1-3H3,(H,20,21)(H,22,24). The van der Waals surface area contributed by atoms with Crippen LogP contribution in [0, 0.1) is 17.7 Å². The van der Waals surface area contributed by atoms with Crippen LogP contribution in [0.25, 0.3) is 0 Å². The number of hydrogen-bond donors (Lipinski definition) is 2. The number of nitrogens with zero attached hydrogens (tertiary/aromatic N) is 2. The minimum absolute atomic E-state index is 0.0759. The molecule has 2 atom stereocenters. The van der Waals surface area contributed by atoms with Crippen molar-refractivity contribution in [2.75, 3.05) is 38.6 Å². The van der Waals surface area contributed by atoms with E-state index in [1.807, 2.05) is 18.7 Å². The van der Waals surface area contributed by atoms with Crippen molar-refractivity contribution in [2.45, 2.75) is 13.8 Å². The zero-order chi connectivity index (χ0) is 19.1. The predicted molar refractivity (Wildman–Crippen MR) is 97.3 cm³/mol. The summed E-state index contributed by atoms with van der Waals surface area (Å²) in [4.78, 5) is 30.2. The van der Waals surface area contributed by atoms with E-state index in [4.69, 9.17) is 4.74 Å². The van der Waals surface area contributed by atoms with Gasteiger partial charge in [-0.05, 0) is 37.1 Å². The van der Waals surface area contributed by atoms with Gasteiger partial charge in [0.1, 0.15) is 12.4 Å². The van der Waals surface area contributed by atoms with Crippen molar-refractivity contribution in [3.63, 3.8) is 0 Å². The molecule has 0 radical (unpaired) electrons. The van der Waals surface area contributed by atoms with Gasteiger partial charge in [0.05, 0.1) is 13.0 Å². The van der Waals surface area contributed by atoms with Gasteiger partial charge < -0.3 is 20.3 Å². The molecule has 1 aliphatic heterocycles. The van der Waals surface area contributed by atoms with E-state index >= 15 is 0 Å². The van der Waals surface area contributed by atoms with Crippen LogP contribution >= 0.6 is 0 Å². The van der Waals surface area contributed by atoms with Crippen LogP contribution in [0.1, 0.15) is 13.8 Å². The molecule has 1 fully saturated rings. The highest BCUT2D eigenvalue weighted by atomic mass is 19.1. The Bertz CT molecular complexity index is 663. The lowest BCUT2D eigenvalue weighted by Crippen LogP contribution is -2.41. The van der Waals surface area contributed by atoms with E-state index in [1.165, 1.54) is 31.4 Å². The third-order valence-electron chi connectivity index (χ3n) is 4.25. The maximum absolute atomic E-state index is 12.9. The predicted octanol–water partition coefficient (Wildman–Crippen LogP) is 1.47. The van der Waals surface area contributed by atoms with E-state index in [9.17, 15) is 14.0 Å². The van der Waals surface area contributed by atoms with E-state index in [2.05, 4.69) is 15.6 Å². The van der Waals surface area contributed by atoms with Crippen molar-refractivity contribution in [2.24, 2.45) is 16.8 Å². The highest BCUT2D eigenvalue weighted by Crippen LogP contribution is 2.24. The summed E-state index contributed by atoms with van der Waals surface area (Å²) in [7, 11) is 1.39. The summed E-state index contributed by atoms with van der Waals surface area (Å²) in [6, 6.07) is 5.54. The molecule has 26 heavy (non-hydrogen) atoms. The first-order valence-corrected chi connectivity index (χ1v) is 8.61. The third-order valence-corrected chi connectivity index (χ3v) is 4.25. The van der Waals surface area contributed by atoms with Crippen LogP contribution in [0.4, 0.5) is 10.1 Å². The topological polar surface area (TPSA) is 83.0 Å². The van der Waals surface area contributed by atoms with Crippen molar-refractivity contribution in [1.82, 2.24) is 10.2 Å². The van der Waals surface area contributed by atoms with Gasteiger partial charge in [-0.15, -0.1) is 0 Å². The Balaban J connectivity index is 1.98. The van der Waals surface area contributed by atoms with Crippen molar-refractivity contribution in [1.29, 1.82) is 0 Å². The Labute approximate surface area is 152 Å². The zero-order valence-electron chi connectivity index (χ0n) is 15.3. The number of amides is 1. The zero-order valence-corrected chi connectivity index (χ0v) is 15.3. The molecule has 8 heteroatoms. The van der Waals surface area contributed by atoms with Crippen LogP contribution in [-0.4, -0.2) is 56.0 Å². The highest BCUT2D eigenvalue weighted by molar-refractivity contribution is 5.94. The molecule has 1 heterocycles. The molecule has 1 saturated heterocycles. The fourth-order valence-corrected chi connectivity index (χ4v) is 2.90. The van der Waals surface area contributed by atoms with Crippen molar-refractivity contribution < 1.29 is 18.7 Å². The highest BCUT2D eigenvalue weighted by Gasteiger charge is 2.36. The molecule has 142 valence electrons. The Kier molecular flexibility index (Phi) is 6.94. The number of likely N-dealkylation sites (tertiary alicyclic amines) is 1. The third kappa shape index (κ3) is 5.18. The van der Waals surface area contributed by atoms with Gasteiger partial charge in [0.15, 0.2) is 5.96 Å². The van der Waals surface area contributed by atoms with Crippen molar-refractivity contribution >= 4 is 23.5 Å². The molecule has 1 aromatic rings. The van der Waals surface area contributed by atoms with Gasteiger partial charge in [-0.2, -0.15) is 0 Å². The Morgan fingerprint density at radius 2 is 2.00 bits per heavy atom. The number of halogens is 1. The number of ether oxygens (including phenoxy) is 1. The number of carbonyl (C=O) groups excluding carboxylic acids is 2. The lowest BCUT2D eigenvalue weighted by molar-refractivity contribution is -0.146. The van der Waals surface area contributed by atoms with Crippen LogP contribution in [0.15, 0.2) is 29.3 Å². The molecule has 2 unspecified atom stereocenters.